The van der Waals surface area contributed by atoms with E-state index in [9.17, 15) is 12.8 Å². The number of ether oxygens (including phenoxy) is 1. The molecule has 1 atom stereocenters. The Morgan fingerprint density at radius 2 is 2.06 bits per heavy atom. The molecule has 6 heteroatoms. The third-order valence-electron chi connectivity index (χ3n) is 2.79. The van der Waals surface area contributed by atoms with E-state index in [1.54, 1.807) is 6.07 Å². The molecule has 1 aromatic carbocycles. The highest BCUT2D eigenvalue weighted by molar-refractivity contribution is 7.90. The summed E-state index contributed by atoms with van der Waals surface area (Å²) in [6.45, 7) is 2.39. The fourth-order valence-electron chi connectivity index (χ4n) is 1.80. The topological polar surface area (TPSA) is 69.4 Å². The van der Waals surface area contributed by atoms with Crippen LogP contribution in [0.4, 0.5) is 4.39 Å². The Hall–Kier alpha value is -1.14. The zero-order chi connectivity index (χ0) is 13.9. The molecule has 1 aromatic rings. The fraction of sp³-hybridized carbons (Fsp3) is 0.500. The molecule has 2 N–H and O–H groups in total. The monoisotopic (exact) mass is 275 g/mol. The number of sulfone groups is 1. The van der Waals surface area contributed by atoms with Crippen molar-refractivity contribution in [2.45, 2.75) is 24.2 Å². The van der Waals surface area contributed by atoms with Crippen molar-refractivity contribution in [3.63, 3.8) is 0 Å². The van der Waals surface area contributed by atoms with Crippen LogP contribution < -0.4 is 10.5 Å². The molecule has 0 saturated carbocycles. The lowest BCUT2D eigenvalue weighted by Gasteiger charge is -2.15. The van der Waals surface area contributed by atoms with Crippen LogP contribution in [0, 0.1) is 5.82 Å². The highest BCUT2D eigenvalue weighted by atomic mass is 32.2. The lowest BCUT2D eigenvalue weighted by molar-refractivity contribution is 0.393. The summed E-state index contributed by atoms with van der Waals surface area (Å²) in [4.78, 5) is -0.395. The quantitative estimate of drug-likeness (QED) is 0.887. The molecule has 0 bridgehead atoms. The summed E-state index contributed by atoms with van der Waals surface area (Å²) in [7, 11) is -2.34. The summed E-state index contributed by atoms with van der Waals surface area (Å²) >= 11 is 0. The number of rotatable bonds is 5. The molecule has 0 saturated heterocycles. The maximum atomic E-state index is 13.9. The Kier molecular flexibility index (Phi) is 4.70. The molecule has 1 rings (SSSR count). The SMILES string of the molecule is COc1cc(C(C)CCN)cc(F)c1S(C)(=O)=O. The lowest BCUT2D eigenvalue weighted by atomic mass is 9.97. The Labute approximate surface area is 107 Å². The largest absolute Gasteiger partial charge is 0.495 e. The zero-order valence-electron chi connectivity index (χ0n) is 10.7. The zero-order valence-corrected chi connectivity index (χ0v) is 11.6. The molecule has 0 heterocycles. The van der Waals surface area contributed by atoms with Crippen LogP contribution in [0.5, 0.6) is 5.75 Å². The van der Waals surface area contributed by atoms with Crippen LogP contribution in [0.15, 0.2) is 17.0 Å². The average molecular weight is 275 g/mol. The van der Waals surface area contributed by atoms with E-state index in [0.717, 1.165) is 6.26 Å². The minimum Gasteiger partial charge on any atom is -0.495 e. The Morgan fingerprint density at radius 1 is 1.44 bits per heavy atom. The van der Waals surface area contributed by atoms with Crippen LogP contribution in [0.25, 0.3) is 0 Å². The third-order valence-corrected chi connectivity index (χ3v) is 3.93. The van der Waals surface area contributed by atoms with Crippen molar-refractivity contribution < 1.29 is 17.5 Å². The summed E-state index contributed by atoms with van der Waals surface area (Å²) in [5.74, 6) is -0.695. The van der Waals surface area contributed by atoms with Crippen molar-refractivity contribution >= 4 is 9.84 Å². The minimum atomic E-state index is -3.66. The van der Waals surface area contributed by atoms with Crippen LogP contribution in [-0.2, 0) is 9.84 Å². The molecule has 0 amide bonds. The predicted octanol–water partition coefficient (Wildman–Crippen LogP) is 1.69. The van der Waals surface area contributed by atoms with Gasteiger partial charge in [-0.2, -0.15) is 0 Å². The van der Waals surface area contributed by atoms with Gasteiger partial charge < -0.3 is 10.5 Å². The number of methoxy groups -OCH3 is 1. The summed E-state index contributed by atoms with van der Waals surface area (Å²) in [5, 5.41) is 0. The van der Waals surface area contributed by atoms with Crippen LogP contribution in [0.3, 0.4) is 0 Å². The van der Waals surface area contributed by atoms with Crippen LogP contribution in [0.1, 0.15) is 24.8 Å². The first kappa shape index (κ1) is 14.9. The van der Waals surface area contributed by atoms with Gasteiger partial charge in [0.1, 0.15) is 16.5 Å². The van der Waals surface area contributed by atoms with Gasteiger partial charge in [0.05, 0.1) is 7.11 Å². The molecule has 0 aromatic heterocycles. The minimum absolute atomic E-state index is 0.0383. The van der Waals surface area contributed by atoms with Gasteiger partial charge in [0.15, 0.2) is 9.84 Å². The fourth-order valence-corrected chi connectivity index (χ4v) is 2.72. The van der Waals surface area contributed by atoms with Crippen LogP contribution in [0.2, 0.25) is 0 Å². The number of hydrogen-bond donors (Lipinski definition) is 1. The van der Waals surface area contributed by atoms with Gasteiger partial charge in [-0.3, -0.25) is 0 Å². The number of nitrogens with two attached hydrogens (primary N) is 1. The molecule has 1 unspecified atom stereocenters. The van der Waals surface area contributed by atoms with E-state index in [1.807, 2.05) is 6.92 Å². The summed E-state index contributed by atoms with van der Waals surface area (Å²) in [6.07, 6.45) is 1.65. The molecule has 102 valence electrons. The van der Waals surface area contributed by atoms with Gasteiger partial charge in [-0.15, -0.1) is 0 Å². The lowest BCUT2D eigenvalue weighted by Crippen LogP contribution is -2.08. The molecule has 0 spiro atoms. The second-order valence-corrected chi connectivity index (χ2v) is 6.24. The standard InChI is InChI=1S/C12H18FNO3S/c1-8(4-5-14)9-6-10(13)12(18(3,15)16)11(7-9)17-2/h6-8H,4-5,14H2,1-3H3. The number of halogens is 1. The Bertz CT molecular complexity index is 528. The molecular formula is C12H18FNO3S. The predicted molar refractivity (Wildman–Crippen MR) is 68.1 cm³/mol. The molecule has 0 aliphatic rings. The van der Waals surface area contributed by atoms with Gasteiger partial charge in [0.25, 0.3) is 0 Å². The van der Waals surface area contributed by atoms with Gasteiger partial charge >= 0.3 is 0 Å². The number of benzene rings is 1. The molecule has 0 aliphatic carbocycles. The second kappa shape index (κ2) is 5.67. The first-order chi connectivity index (χ1) is 8.31. The normalized spacial score (nSPS) is 13.4. The molecule has 18 heavy (non-hydrogen) atoms. The van der Waals surface area contributed by atoms with E-state index in [4.69, 9.17) is 10.5 Å². The maximum Gasteiger partial charge on any atom is 0.182 e. The van der Waals surface area contributed by atoms with Crippen molar-refractivity contribution in [2.75, 3.05) is 19.9 Å². The third kappa shape index (κ3) is 3.20. The maximum absolute atomic E-state index is 13.9. The first-order valence-electron chi connectivity index (χ1n) is 5.58. The second-order valence-electron chi connectivity index (χ2n) is 4.28. The molecule has 0 fully saturated rings. The highest BCUT2D eigenvalue weighted by Gasteiger charge is 2.22. The average Bonchev–Trinajstić information content (AvgIpc) is 2.26. The molecular weight excluding hydrogens is 257 g/mol. The van der Waals surface area contributed by atoms with Crippen molar-refractivity contribution in [1.29, 1.82) is 0 Å². The summed E-state index contributed by atoms with van der Waals surface area (Å²) in [5.41, 5.74) is 6.14. The van der Waals surface area contributed by atoms with Gasteiger partial charge in [-0.05, 0) is 36.6 Å². The van der Waals surface area contributed by atoms with Crippen LogP contribution >= 0.6 is 0 Å². The first-order valence-corrected chi connectivity index (χ1v) is 7.48. The van der Waals surface area contributed by atoms with E-state index in [1.165, 1.54) is 13.2 Å². The molecule has 4 nitrogen and oxygen atoms in total. The van der Waals surface area contributed by atoms with Crippen LogP contribution in [-0.4, -0.2) is 28.3 Å². The smallest absolute Gasteiger partial charge is 0.182 e. The van der Waals surface area contributed by atoms with Crippen molar-refractivity contribution in [3.8, 4) is 5.75 Å². The van der Waals surface area contributed by atoms with Crippen molar-refractivity contribution in [3.05, 3.63) is 23.5 Å². The Balaban J connectivity index is 3.36. The number of hydrogen-bond acceptors (Lipinski definition) is 4. The van der Waals surface area contributed by atoms with Crippen molar-refractivity contribution in [2.24, 2.45) is 5.73 Å². The van der Waals surface area contributed by atoms with Gasteiger partial charge in [0, 0.05) is 6.26 Å². The van der Waals surface area contributed by atoms with E-state index in [-0.39, 0.29) is 11.7 Å². The van der Waals surface area contributed by atoms with E-state index in [0.29, 0.717) is 18.5 Å². The van der Waals surface area contributed by atoms with E-state index < -0.39 is 20.5 Å². The van der Waals surface area contributed by atoms with Gasteiger partial charge in [-0.1, -0.05) is 6.92 Å². The van der Waals surface area contributed by atoms with E-state index in [2.05, 4.69) is 0 Å². The Morgan fingerprint density at radius 3 is 2.50 bits per heavy atom. The molecule has 0 radical (unpaired) electrons. The molecule has 0 aliphatic heterocycles. The van der Waals surface area contributed by atoms with Crippen molar-refractivity contribution in [1.82, 2.24) is 0 Å². The summed E-state index contributed by atoms with van der Waals surface area (Å²) in [6, 6.07) is 2.79. The highest BCUT2D eigenvalue weighted by Crippen LogP contribution is 2.31. The van der Waals surface area contributed by atoms with Gasteiger partial charge in [0.2, 0.25) is 0 Å². The van der Waals surface area contributed by atoms with Gasteiger partial charge in [-0.25, -0.2) is 12.8 Å². The summed E-state index contributed by atoms with van der Waals surface area (Å²) < 4.78 is 41.9. The van der Waals surface area contributed by atoms with E-state index >= 15 is 0 Å².